The summed E-state index contributed by atoms with van der Waals surface area (Å²) in [6.45, 7) is 2.53. The van der Waals surface area contributed by atoms with Gasteiger partial charge in [0, 0.05) is 6.54 Å². The summed E-state index contributed by atoms with van der Waals surface area (Å²) < 4.78 is 6.86. The fraction of sp³-hybridized carbons (Fsp3) is 0.235. The van der Waals surface area contributed by atoms with Gasteiger partial charge in [0.1, 0.15) is 17.6 Å². The summed E-state index contributed by atoms with van der Waals surface area (Å²) in [5.41, 5.74) is 0.733. The molecule has 0 aliphatic rings. The number of carbonyl (C=O) groups is 2. The van der Waals surface area contributed by atoms with E-state index in [1.807, 2.05) is 36.4 Å². The zero-order chi connectivity index (χ0) is 19.1. The van der Waals surface area contributed by atoms with Gasteiger partial charge in [0.25, 0.3) is 0 Å². The van der Waals surface area contributed by atoms with Crippen LogP contribution < -0.4 is 10.6 Å². The predicted molar refractivity (Wildman–Crippen MR) is 97.9 cm³/mol. The molecule has 2 aromatic heterocycles. The number of benzene rings is 1. The van der Waals surface area contributed by atoms with Gasteiger partial charge in [-0.15, -0.1) is 5.10 Å². The second kappa shape index (κ2) is 8.99. The first-order chi connectivity index (χ1) is 13.2. The molecule has 27 heavy (non-hydrogen) atoms. The number of imide groups is 1. The molecule has 0 radical (unpaired) electrons. The maximum atomic E-state index is 12.7. The van der Waals surface area contributed by atoms with Crippen LogP contribution in [0.3, 0.4) is 0 Å². The Morgan fingerprint density at radius 2 is 2.04 bits per heavy atom. The second-order valence-electron chi connectivity index (χ2n) is 5.46. The number of amides is 3. The number of thioether (sulfide) groups is 1. The Kier molecular flexibility index (Phi) is 6.21. The standard InChI is InChI=1S/C17H18N6O3S/c1-2-18-16(25)19-15(24)14(12-7-4-3-5-8-12)27-17-20-21-22-23(17)11-13-9-6-10-26-13/h3-10,14H,2,11H2,1H3,(H2,18,19,24,25)/t14-/m1/s1. The van der Waals surface area contributed by atoms with E-state index in [1.165, 1.54) is 0 Å². The van der Waals surface area contributed by atoms with Gasteiger partial charge in [-0.2, -0.15) is 0 Å². The van der Waals surface area contributed by atoms with Crippen molar-refractivity contribution in [3.05, 3.63) is 60.1 Å². The molecule has 3 rings (SSSR count). The molecule has 0 saturated carbocycles. The quantitative estimate of drug-likeness (QED) is 0.597. The van der Waals surface area contributed by atoms with Crippen molar-refractivity contribution in [2.24, 2.45) is 0 Å². The van der Waals surface area contributed by atoms with Gasteiger partial charge in [0.15, 0.2) is 0 Å². The number of hydrogen-bond donors (Lipinski definition) is 2. The van der Waals surface area contributed by atoms with Crippen LogP contribution in [-0.4, -0.2) is 38.7 Å². The van der Waals surface area contributed by atoms with E-state index in [0.29, 0.717) is 24.0 Å². The summed E-state index contributed by atoms with van der Waals surface area (Å²) in [5.74, 6) is 0.233. The largest absolute Gasteiger partial charge is 0.467 e. The monoisotopic (exact) mass is 386 g/mol. The van der Waals surface area contributed by atoms with Gasteiger partial charge in [-0.3, -0.25) is 10.1 Å². The van der Waals surface area contributed by atoms with E-state index in [9.17, 15) is 9.59 Å². The third-order valence-corrected chi connectivity index (χ3v) is 4.75. The molecule has 2 N–H and O–H groups in total. The van der Waals surface area contributed by atoms with Crippen LogP contribution in [-0.2, 0) is 11.3 Å². The first-order valence-corrected chi connectivity index (χ1v) is 9.14. The molecule has 3 amide bonds. The molecule has 3 aromatic rings. The van der Waals surface area contributed by atoms with Crippen molar-refractivity contribution in [2.45, 2.75) is 23.9 Å². The Morgan fingerprint density at radius 3 is 2.74 bits per heavy atom. The number of hydrogen-bond acceptors (Lipinski definition) is 7. The van der Waals surface area contributed by atoms with Crippen LogP contribution in [0.5, 0.6) is 0 Å². The topological polar surface area (TPSA) is 115 Å². The molecule has 9 nitrogen and oxygen atoms in total. The average molecular weight is 386 g/mol. The number of tetrazole rings is 1. The van der Waals surface area contributed by atoms with Gasteiger partial charge in [-0.25, -0.2) is 9.48 Å². The van der Waals surface area contributed by atoms with Crippen molar-refractivity contribution >= 4 is 23.7 Å². The van der Waals surface area contributed by atoms with Gasteiger partial charge >= 0.3 is 6.03 Å². The SMILES string of the molecule is CCNC(=O)NC(=O)[C@H](Sc1nnnn1Cc1ccco1)c1ccccc1. The minimum absolute atomic E-state index is 0.335. The van der Waals surface area contributed by atoms with Crippen LogP contribution in [0.15, 0.2) is 58.3 Å². The van der Waals surface area contributed by atoms with Crippen LogP contribution in [0.2, 0.25) is 0 Å². The fourth-order valence-corrected chi connectivity index (χ4v) is 3.30. The molecule has 0 spiro atoms. The van der Waals surface area contributed by atoms with E-state index in [4.69, 9.17) is 4.42 Å². The Labute approximate surface area is 159 Å². The first kappa shape index (κ1) is 18.6. The molecule has 2 heterocycles. The normalized spacial score (nSPS) is 11.7. The molecule has 0 unspecified atom stereocenters. The molecule has 10 heteroatoms. The highest BCUT2D eigenvalue weighted by atomic mass is 32.2. The third-order valence-electron chi connectivity index (χ3n) is 3.52. The molecular weight excluding hydrogens is 368 g/mol. The maximum Gasteiger partial charge on any atom is 0.321 e. The van der Waals surface area contributed by atoms with Crippen LogP contribution in [0, 0.1) is 0 Å². The van der Waals surface area contributed by atoms with Crippen LogP contribution >= 0.6 is 11.8 Å². The van der Waals surface area contributed by atoms with Crippen molar-refractivity contribution in [1.29, 1.82) is 0 Å². The van der Waals surface area contributed by atoms with Crippen LogP contribution in [0.4, 0.5) is 4.79 Å². The summed E-state index contributed by atoms with van der Waals surface area (Å²) >= 11 is 1.16. The summed E-state index contributed by atoms with van der Waals surface area (Å²) in [4.78, 5) is 24.5. The number of carbonyl (C=O) groups excluding carboxylic acids is 2. The number of furan rings is 1. The Balaban J connectivity index is 1.81. The number of nitrogens with one attached hydrogen (secondary N) is 2. The zero-order valence-electron chi connectivity index (χ0n) is 14.5. The minimum Gasteiger partial charge on any atom is -0.467 e. The van der Waals surface area contributed by atoms with Crippen molar-refractivity contribution in [2.75, 3.05) is 6.54 Å². The lowest BCUT2D eigenvalue weighted by Gasteiger charge is -2.16. The van der Waals surface area contributed by atoms with E-state index < -0.39 is 17.2 Å². The molecule has 1 atom stereocenters. The number of aromatic nitrogens is 4. The highest BCUT2D eigenvalue weighted by Gasteiger charge is 2.26. The maximum absolute atomic E-state index is 12.7. The molecule has 0 aliphatic heterocycles. The van der Waals surface area contributed by atoms with Crippen molar-refractivity contribution in [3.63, 3.8) is 0 Å². The second-order valence-corrected chi connectivity index (χ2v) is 6.53. The van der Waals surface area contributed by atoms with Gasteiger partial charge in [0.2, 0.25) is 11.1 Å². The average Bonchev–Trinajstić information content (AvgIpc) is 3.33. The van der Waals surface area contributed by atoms with Gasteiger partial charge in [0.05, 0.1) is 6.26 Å². The van der Waals surface area contributed by atoms with E-state index in [2.05, 4.69) is 26.2 Å². The van der Waals surface area contributed by atoms with Crippen molar-refractivity contribution in [3.8, 4) is 0 Å². The van der Waals surface area contributed by atoms with Gasteiger partial charge in [-0.1, -0.05) is 42.1 Å². The fourth-order valence-electron chi connectivity index (χ4n) is 2.32. The highest BCUT2D eigenvalue weighted by molar-refractivity contribution is 8.00. The highest BCUT2D eigenvalue weighted by Crippen LogP contribution is 2.34. The molecular formula is C17H18N6O3S. The summed E-state index contributed by atoms with van der Waals surface area (Å²) in [6.07, 6.45) is 1.57. The molecule has 0 fully saturated rings. The van der Waals surface area contributed by atoms with E-state index in [0.717, 1.165) is 17.3 Å². The minimum atomic E-state index is -0.699. The van der Waals surface area contributed by atoms with E-state index in [-0.39, 0.29) is 0 Å². The zero-order valence-corrected chi connectivity index (χ0v) is 15.3. The lowest BCUT2D eigenvalue weighted by atomic mass is 10.1. The molecule has 0 aliphatic carbocycles. The number of nitrogens with zero attached hydrogens (tertiary/aromatic N) is 4. The molecule has 1 aromatic carbocycles. The number of rotatable bonds is 7. The number of urea groups is 1. The molecule has 0 saturated heterocycles. The lowest BCUT2D eigenvalue weighted by Crippen LogP contribution is -2.41. The third kappa shape index (κ3) is 4.94. The van der Waals surface area contributed by atoms with Crippen LogP contribution in [0.1, 0.15) is 23.5 Å². The lowest BCUT2D eigenvalue weighted by molar-refractivity contribution is -0.119. The Hall–Kier alpha value is -3.14. The van der Waals surface area contributed by atoms with Gasteiger partial charge < -0.3 is 9.73 Å². The first-order valence-electron chi connectivity index (χ1n) is 8.26. The summed E-state index contributed by atoms with van der Waals surface area (Å²) in [6, 6.07) is 12.2. The van der Waals surface area contributed by atoms with E-state index in [1.54, 1.807) is 23.9 Å². The smallest absolute Gasteiger partial charge is 0.321 e. The van der Waals surface area contributed by atoms with Gasteiger partial charge in [-0.05, 0) is 35.0 Å². The predicted octanol–water partition coefficient (Wildman–Crippen LogP) is 1.99. The van der Waals surface area contributed by atoms with Crippen molar-refractivity contribution < 1.29 is 14.0 Å². The molecule has 0 bridgehead atoms. The van der Waals surface area contributed by atoms with Crippen LogP contribution in [0.25, 0.3) is 0 Å². The molecule has 140 valence electrons. The summed E-state index contributed by atoms with van der Waals surface area (Å²) in [5, 5.41) is 16.3. The van der Waals surface area contributed by atoms with E-state index >= 15 is 0 Å². The Morgan fingerprint density at radius 1 is 1.22 bits per heavy atom. The van der Waals surface area contributed by atoms with Crippen molar-refractivity contribution in [1.82, 2.24) is 30.8 Å². The Bertz CT molecular complexity index is 881. The summed E-state index contributed by atoms with van der Waals surface area (Å²) in [7, 11) is 0.